The van der Waals surface area contributed by atoms with Crippen molar-refractivity contribution in [1.82, 2.24) is 25.5 Å². The largest absolute Gasteiger partial charge is 0.331 e. The maximum absolute atomic E-state index is 14.1. The van der Waals surface area contributed by atoms with E-state index in [1.807, 2.05) is 0 Å². The molecule has 26 heavy (non-hydrogen) atoms. The minimum Gasteiger partial charge on any atom is -0.331 e. The third kappa shape index (κ3) is 3.30. The van der Waals surface area contributed by atoms with E-state index in [0.29, 0.717) is 22.0 Å². The molecule has 1 heterocycles. The van der Waals surface area contributed by atoms with Crippen molar-refractivity contribution in [3.8, 4) is 11.4 Å². The number of aromatic amines is 1. The van der Waals surface area contributed by atoms with Gasteiger partial charge in [-0.15, -0.1) is 10.2 Å². The van der Waals surface area contributed by atoms with E-state index >= 15 is 0 Å². The van der Waals surface area contributed by atoms with Gasteiger partial charge in [-0.25, -0.2) is 4.39 Å². The van der Waals surface area contributed by atoms with Crippen LogP contribution in [-0.4, -0.2) is 37.5 Å². The van der Waals surface area contributed by atoms with Crippen LogP contribution >= 0.6 is 11.6 Å². The smallest absolute Gasteiger partial charge is 0.254 e. The molecular weight excluding hydrogens is 357 g/mol. The normalized spacial score (nSPS) is 13.6. The van der Waals surface area contributed by atoms with Gasteiger partial charge in [-0.1, -0.05) is 29.8 Å². The maximum Gasteiger partial charge on any atom is 0.254 e. The van der Waals surface area contributed by atoms with Gasteiger partial charge in [0.05, 0.1) is 6.54 Å². The molecule has 0 atom stereocenters. The number of tetrazole rings is 1. The fourth-order valence-electron chi connectivity index (χ4n) is 2.82. The molecule has 0 spiro atoms. The van der Waals surface area contributed by atoms with Gasteiger partial charge in [-0.2, -0.15) is 5.21 Å². The van der Waals surface area contributed by atoms with Crippen LogP contribution in [0, 0.1) is 5.82 Å². The Hall–Kier alpha value is -2.80. The van der Waals surface area contributed by atoms with Crippen molar-refractivity contribution in [2.24, 2.45) is 0 Å². The molecule has 0 unspecified atom stereocenters. The van der Waals surface area contributed by atoms with Crippen molar-refractivity contribution >= 4 is 17.5 Å². The van der Waals surface area contributed by atoms with E-state index in [0.717, 1.165) is 18.4 Å². The van der Waals surface area contributed by atoms with E-state index < -0.39 is 5.82 Å². The molecule has 4 rings (SSSR count). The quantitative estimate of drug-likeness (QED) is 0.745. The molecule has 0 bridgehead atoms. The molecule has 3 aromatic rings. The molecule has 1 aliphatic carbocycles. The molecule has 1 aliphatic rings. The monoisotopic (exact) mass is 371 g/mol. The first-order valence-electron chi connectivity index (χ1n) is 8.21. The van der Waals surface area contributed by atoms with E-state index in [4.69, 9.17) is 11.6 Å². The predicted molar refractivity (Wildman–Crippen MR) is 93.9 cm³/mol. The zero-order valence-electron chi connectivity index (χ0n) is 13.7. The Balaban J connectivity index is 1.58. The lowest BCUT2D eigenvalue weighted by Crippen LogP contribution is -2.33. The zero-order chi connectivity index (χ0) is 18.1. The van der Waals surface area contributed by atoms with Gasteiger partial charge < -0.3 is 4.90 Å². The minimum absolute atomic E-state index is 0.120. The summed E-state index contributed by atoms with van der Waals surface area (Å²) in [6.45, 7) is 0.154. The molecule has 1 saturated carbocycles. The van der Waals surface area contributed by atoms with E-state index in [1.54, 1.807) is 41.3 Å². The Morgan fingerprint density at radius 3 is 2.62 bits per heavy atom. The minimum atomic E-state index is -0.400. The third-order valence-corrected chi connectivity index (χ3v) is 4.73. The molecule has 1 N–H and O–H groups in total. The average Bonchev–Trinajstić information content (AvgIpc) is 3.34. The van der Waals surface area contributed by atoms with Crippen molar-refractivity contribution in [1.29, 1.82) is 0 Å². The van der Waals surface area contributed by atoms with Crippen LogP contribution in [0.4, 0.5) is 4.39 Å². The third-order valence-electron chi connectivity index (χ3n) is 4.37. The molecule has 0 saturated heterocycles. The summed E-state index contributed by atoms with van der Waals surface area (Å²) in [4.78, 5) is 14.6. The van der Waals surface area contributed by atoms with Gasteiger partial charge in [0.25, 0.3) is 5.91 Å². The SMILES string of the molecule is O=C(c1ccc(-c2nn[nH]n2)cc1)N(Cc1c(F)cccc1Cl)C1CC1. The van der Waals surface area contributed by atoms with Gasteiger partial charge in [0.1, 0.15) is 5.82 Å². The number of amides is 1. The lowest BCUT2D eigenvalue weighted by atomic mass is 10.1. The molecule has 1 aromatic heterocycles. The molecule has 1 fully saturated rings. The van der Waals surface area contributed by atoms with Gasteiger partial charge in [-0.05, 0) is 42.3 Å². The number of nitrogens with zero attached hydrogens (tertiary/aromatic N) is 4. The topological polar surface area (TPSA) is 74.8 Å². The number of hydrogen-bond acceptors (Lipinski definition) is 4. The van der Waals surface area contributed by atoms with E-state index in [9.17, 15) is 9.18 Å². The number of aromatic nitrogens is 4. The summed E-state index contributed by atoms with van der Waals surface area (Å²) in [5, 5.41) is 14.1. The Kier molecular flexibility index (Phi) is 4.38. The van der Waals surface area contributed by atoms with E-state index in [1.165, 1.54) is 6.07 Å². The standard InChI is InChI=1S/C18H15ClFN5O/c19-15-2-1-3-16(20)14(15)10-25(13-8-9-13)18(26)12-6-4-11(5-7-12)17-21-23-24-22-17/h1-7,13H,8-10H2,(H,21,22,23,24). The van der Waals surface area contributed by atoms with Gasteiger partial charge in [-0.3, -0.25) is 4.79 Å². The molecule has 1 amide bonds. The molecule has 2 aromatic carbocycles. The summed E-state index contributed by atoms with van der Waals surface area (Å²) in [5.74, 6) is -0.0870. The Morgan fingerprint density at radius 1 is 1.23 bits per heavy atom. The fourth-order valence-corrected chi connectivity index (χ4v) is 3.04. The first-order chi connectivity index (χ1) is 12.6. The molecule has 8 heteroatoms. The van der Waals surface area contributed by atoms with Crippen LogP contribution in [-0.2, 0) is 6.54 Å². The first-order valence-corrected chi connectivity index (χ1v) is 8.59. The summed E-state index contributed by atoms with van der Waals surface area (Å²) in [7, 11) is 0. The highest BCUT2D eigenvalue weighted by Gasteiger charge is 2.34. The summed E-state index contributed by atoms with van der Waals surface area (Å²) in [5.41, 5.74) is 1.62. The van der Waals surface area contributed by atoms with Crippen molar-refractivity contribution in [3.05, 3.63) is 64.4 Å². The summed E-state index contributed by atoms with van der Waals surface area (Å²) < 4.78 is 14.1. The van der Waals surface area contributed by atoms with Crippen molar-refractivity contribution in [2.45, 2.75) is 25.4 Å². The van der Waals surface area contributed by atoms with Gasteiger partial charge in [0.15, 0.2) is 0 Å². The lowest BCUT2D eigenvalue weighted by molar-refractivity contribution is 0.0728. The van der Waals surface area contributed by atoms with Gasteiger partial charge >= 0.3 is 0 Å². The molecule has 0 aliphatic heterocycles. The van der Waals surface area contributed by atoms with Gasteiger partial charge in [0, 0.05) is 27.8 Å². The predicted octanol–water partition coefficient (Wildman–Crippen LogP) is 3.46. The molecule has 6 nitrogen and oxygen atoms in total. The van der Waals surface area contributed by atoms with Crippen LogP contribution in [0.25, 0.3) is 11.4 Å². The Bertz CT molecular complexity index is 905. The molecule has 0 radical (unpaired) electrons. The highest BCUT2D eigenvalue weighted by Crippen LogP contribution is 2.32. The van der Waals surface area contributed by atoms with Gasteiger partial charge in [0.2, 0.25) is 5.82 Å². The van der Waals surface area contributed by atoms with Crippen LogP contribution in [0.3, 0.4) is 0 Å². The summed E-state index contributed by atoms with van der Waals surface area (Å²) in [6.07, 6.45) is 1.83. The van der Waals surface area contributed by atoms with Crippen molar-refractivity contribution in [3.63, 3.8) is 0 Å². The summed E-state index contributed by atoms with van der Waals surface area (Å²) >= 11 is 6.13. The van der Waals surface area contributed by atoms with E-state index in [2.05, 4.69) is 20.6 Å². The second kappa shape index (κ2) is 6.84. The average molecular weight is 372 g/mol. The fraction of sp³-hybridized carbons (Fsp3) is 0.222. The first kappa shape index (κ1) is 16.7. The zero-order valence-corrected chi connectivity index (χ0v) is 14.4. The van der Waals surface area contributed by atoms with Crippen molar-refractivity contribution in [2.75, 3.05) is 0 Å². The molecular formula is C18H15ClFN5O. The highest BCUT2D eigenvalue weighted by molar-refractivity contribution is 6.31. The van der Waals surface area contributed by atoms with E-state index in [-0.39, 0.29) is 18.5 Å². The number of rotatable bonds is 5. The van der Waals surface area contributed by atoms with Crippen LogP contribution < -0.4 is 0 Å². The summed E-state index contributed by atoms with van der Waals surface area (Å²) in [6, 6.07) is 11.6. The number of nitrogens with one attached hydrogen (secondary N) is 1. The maximum atomic E-state index is 14.1. The molecule has 132 valence electrons. The second-order valence-electron chi connectivity index (χ2n) is 6.18. The van der Waals surface area contributed by atoms with Crippen LogP contribution in [0.5, 0.6) is 0 Å². The highest BCUT2D eigenvalue weighted by atomic mass is 35.5. The van der Waals surface area contributed by atoms with Crippen LogP contribution in [0.1, 0.15) is 28.8 Å². The number of carbonyl (C=O) groups excluding carboxylic acids is 1. The van der Waals surface area contributed by atoms with Crippen LogP contribution in [0.15, 0.2) is 42.5 Å². The number of halogens is 2. The van der Waals surface area contributed by atoms with Crippen molar-refractivity contribution < 1.29 is 9.18 Å². The number of hydrogen-bond donors (Lipinski definition) is 1. The number of carbonyl (C=O) groups is 1. The number of H-pyrrole nitrogens is 1. The number of benzene rings is 2. The Labute approximate surface area is 154 Å². The van der Waals surface area contributed by atoms with Crippen LogP contribution in [0.2, 0.25) is 5.02 Å². The second-order valence-corrected chi connectivity index (χ2v) is 6.58. The Morgan fingerprint density at radius 2 is 2.00 bits per heavy atom. The lowest BCUT2D eigenvalue weighted by Gasteiger charge is -2.23.